The van der Waals surface area contributed by atoms with Gasteiger partial charge in [0.15, 0.2) is 0 Å². The molecule has 0 spiro atoms. The number of benzene rings is 9. The van der Waals surface area contributed by atoms with Crippen LogP contribution >= 0.6 is 0 Å². The molecule has 2 unspecified atom stereocenters. The Morgan fingerprint density at radius 2 is 0.800 bits per heavy atom. The number of nitrogens with zero attached hydrogens (tertiary/aromatic N) is 1. The minimum atomic E-state index is -0.624. The van der Waals surface area contributed by atoms with Crippen LogP contribution < -0.4 is 4.90 Å². The van der Waals surface area contributed by atoms with Crippen LogP contribution in [0.25, 0.3) is 21.9 Å². The van der Waals surface area contributed by atoms with Crippen LogP contribution in [0.4, 0.5) is 17.1 Å². The van der Waals surface area contributed by atoms with Crippen LogP contribution in [0.5, 0.6) is 0 Å². The molecule has 0 saturated heterocycles. The molecule has 0 saturated carbocycles. The van der Waals surface area contributed by atoms with Gasteiger partial charge in [-0.15, -0.1) is 0 Å². The van der Waals surface area contributed by atoms with Crippen LogP contribution in [-0.2, 0) is 10.8 Å². The Labute approximate surface area is 322 Å². The van der Waals surface area contributed by atoms with Crippen molar-refractivity contribution in [3.63, 3.8) is 0 Å². The predicted octanol–water partition coefficient (Wildman–Crippen LogP) is 13.4. The third kappa shape index (κ3) is 4.35. The third-order valence-corrected chi connectivity index (χ3v) is 12.2. The molecular formula is C54H37N. The maximum atomic E-state index is 2.45. The van der Waals surface area contributed by atoms with E-state index in [0.29, 0.717) is 0 Å². The molecule has 9 aromatic carbocycles. The maximum absolute atomic E-state index is 2.45. The molecule has 0 aliphatic heterocycles. The summed E-state index contributed by atoms with van der Waals surface area (Å²) in [4.78, 5) is 2.43. The number of anilines is 3. The summed E-state index contributed by atoms with van der Waals surface area (Å²) in [5.41, 5.74) is 15.4. The molecule has 0 fully saturated rings. The molecule has 55 heavy (non-hydrogen) atoms. The van der Waals surface area contributed by atoms with Crippen LogP contribution in [0.3, 0.4) is 0 Å². The summed E-state index contributed by atoms with van der Waals surface area (Å²) in [5, 5.41) is 2.43. The Kier molecular flexibility index (Phi) is 7.06. The second-order valence-corrected chi connectivity index (χ2v) is 14.8. The lowest BCUT2D eigenvalue weighted by atomic mass is 9.51. The van der Waals surface area contributed by atoms with Crippen LogP contribution in [0, 0.1) is 0 Å². The fourth-order valence-electron chi connectivity index (χ4n) is 10.1. The standard InChI is InChI=1S/C54H37N/c1-4-21-39(22-5-1)53(41-25-17-28-43(37-41)55(42-26-8-3-9-27-42)51-36-16-20-38-19-10-11-29-44(38)51)48-33-14-15-34-49(48)54(40-23-6-2-7-24-40)47-32-13-12-30-45(47)46-31-18-35-50(53)52(46)54/h1-37H. The van der Waals surface area contributed by atoms with Crippen molar-refractivity contribution in [3.8, 4) is 11.1 Å². The molecular weight excluding hydrogens is 663 g/mol. The zero-order valence-corrected chi connectivity index (χ0v) is 30.3. The second kappa shape index (κ2) is 12.3. The van der Waals surface area contributed by atoms with Gasteiger partial charge < -0.3 is 4.90 Å². The predicted molar refractivity (Wildman–Crippen MR) is 228 cm³/mol. The van der Waals surface area contributed by atoms with E-state index in [9.17, 15) is 0 Å². The van der Waals surface area contributed by atoms with Gasteiger partial charge in [-0.05, 0) is 91.4 Å². The number of rotatable bonds is 6. The van der Waals surface area contributed by atoms with Gasteiger partial charge in [0, 0.05) is 16.8 Å². The molecule has 258 valence electrons. The first-order valence-electron chi connectivity index (χ1n) is 19.2. The number of hydrogen-bond donors (Lipinski definition) is 0. The molecule has 0 bridgehead atoms. The van der Waals surface area contributed by atoms with Crippen LogP contribution in [-0.4, -0.2) is 0 Å². The summed E-state index contributed by atoms with van der Waals surface area (Å²) in [5.74, 6) is 0. The van der Waals surface area contributed by atoms with Gasteiger partial charge in [-0.3, -0.25) is 0 Å². The highest BCUT2D eigenvalue weighted by Gasteiger charge is 2.57. The molecule has 0 heterocycles. The summed E-state index contributed by atoms with van der Waals surface area (Å²) in [6, 6.07) is 83.3. The highest BCUT2D eigenvalue weighted by atomic mass is 15.1. The molecule has 9 aromatic rings. The Morgan fingerprint density at radius 3 is 1.56 bits per heavy atom. The summed E-state index contributed by atoms with van der Waals surface area (Å²) in [6.07, 6.45) is 0. The zero-order chi connectivity index (χ0) is 36.4. The van der Waals surface area contributed by atoms with Crippen molar-refractivity contribution in [2.75, 3.05) is 4.90 Å². The second-order valence-electron chi connectivity index (χ2n) is 14.8. The third-order valence-electron chi connectivity index (χ3n) is 12.2. The quantitative estimate of drug-likeness (QED) is 0.167. The van der Waals surface area contributed by atoms with Crippen molar-refractivity contribution in [2.45, 2.75) is 10.8 Å². The van der Waals surface area contributed by atoms with Gasteiger partial charge in [0.25, 0.3) is 0 Å². The number of para-hydroxylation sites is 1. The summed E-state index contributed by atoms with van der Waals surface area (Å²) >= 11 is 0. The molecule has 0 radical (unpaired) electrons. The lowest BCUT2D eigenvalue weighted by Crippen LogP contribution is -2.44. The summed E-state index contributed by atoms with van der Waals surface area (Å²) < 4.78 is 0. The van der Waals surface area contributed by atoms with Crippen molar-refractivity contribution in [1.29, 1.82) is 0 Å². The average molecular weight is 700 g/mol. The van der Waals surface area contributed by atoms with E-state index in [1.165, 1.54) is 66.4 Å². The lowest BCUT2D eigenvalue weighted by Gasteiger charge is -2.49. The zero-order valence-electron chi connectivity index (χ0n) is 30.3. The molecule has 2 atom stereocenters. The van der Waals surface area contributed by atoms with Crippen molar-refractivity contribution >= 4 is 27.8 Å². The van der Waals surface area contributed by atoms with Crippen molar-refractivity contribution in [1.82, 2.24) is 0 Å². The normalized spacial score (nSPS) is 17.6. The molecule has 2 aliphatic rings. The highest BCUT2D eigenvalue weighted by Crippen LogP contribution is 2.65. The van der Waals surface area contributed by atoms with E-state index in [-0.39, 0.29) is 0 Å². The Morgan fingerprint density at radius 1 is 0.309 bits per heavy atom. The van der Waals surface area contributed by atoms with Gasteiger partial charge in [-0.2, -0.15) is 0 Å². The monoisotopic (exact) mass is 699 g/mol. The van der Waals surface area contributed by atoms with E-state index in [4.69, 9.17) is 0 Å². The first kappa shape index (κ1) is 31.6. The lowest BCUT2D eigenvalue weighted by molar-refractivity contribution is 0.627. The van der Waals surface area contributed by atoms with Gasteiger partial charge in [0.1, 0.15) is 0 Å². The topological polar surface area (TPSA) is 3.24 Å². The van der Waals surface area contributed by atoms with E-state index in [1.54, 1.807) is 0 Å². The van der Waals surface area contributed by atoms with E-state index in [0.717, 1.165) is 17.1 Å². The van der Waals surface area contributed by atoms with Crippen molar-refractivity contribution in [3.05, 3.63) is 269 Å². The smallest absolute Gasteiger partial charge is 0.0720 e. The summed E-state index contributed by atoms with van der Waals surface area (Å²) in [6.45, 7) is 0. The minimum absolute atomic E-state index is 0.477. The molecule has 0 N–H and O–H groups in total. The molecule has 2 aliphatic carbocycles. The van der Waals surface area contributed by atoms with E-state index in [2.05, 4.69) is 229 Å². The summed E-state index contributed by atoms with van der Waals surface area (Å²) in [7, 11) is 0. The Bertz CT molecular complexity index is 2870. The fourth-order valence-corrected chi connectivity index (χ4v) is 10.1. The maximum Gasteiger partial charge on any atom is 0.0720 e. The Hall–Kier alpha value is -6.96. The van der Waals surface area contributed by atoms with Gasteiger partial charge in [0.05, 0.1) is 16.5 Å². The van der Waals surface area contributed by atoms with Crippen LogP contribution in [0.15, 0.2) is 224 Å². The largest absolute Gasteiger partial charge is 0.310 e. The molecule has 0 amide bonds. The van der Waals surface area contributed by atoms with Crippen LogP contribution in [0.1, 0.15) is 44.5 Å². The van der Waals surface area contributed by atoms with Crippen molar-refractivity contribution in [2.24, 2.45) is 0 Å². The molecule has 0 aromatic heterocycles. The van der Waals surface area contributed by atoms with E-state index >= 15 is 0 Å². The van der Waals surface area contributed by atoms with Gasteiger partial charge in [-0.25, -0.2) is 0 Å². The first-order chi connectivity index (χ1) is 27.3. The van der Waals surface area contributed by atoms with Crippen LogP contribution in [0.2, 0.25) is 0 Å². The average Bonchev–Trinajstić information content (AvgIpc) is 3.57. The van der Waals surface area contributed by atoms with Gasteiger partial charge in [-0.1, -0.05) is 194 Å². The molecule has 1 heteroatoms. The van der Waals surface area contributed by atoms with Gasteiger partial charge in [0.2, 0.25) is 0 Å². The highest BCUT2D eigenvalue weighted by molar-refractivity contribution is 5.99. The number of hydrogen-bond acceptors (Lipinski definition) is 1. The molecule has 11 rings (SSSR count). The minimum Gasteiger partial charge on any atom is -0.310 e. The van der Waals surface area contributed by atoms with Crippen molar-refractivity contribution < 1.29 is 0 Å². The SMILES string of the molecule is c1ccc(N(c2cccc(C3(c4ccccc4)c4ccccc4C4(c5ccccc5)c5ccccc5-c5cccc3c54)c2)c2cccc3ccccc23)cc1. The van der Waals surface area contributed by atoms with E-state index in [1.807, 2.05) is 0 Å². The van der Waals surface area contributed by atoms with E-state index < -0.39 is 10.8 Å². The molecule has 1 nitrogen and oxygen atoms in total. The fraction of sp³-hybridized carbons (Fsp3) is 0.0370. The van der Waals surface area contributed by atoms with Gasteiger partial charge >= 0.3 is 0 Å². The number of fused-ring (bicyclic) bond motifs is 6. The Balaban J connectivity index is 1.27. The first-order valence-corrected chi connectivity index (χ1v) is 19.2.